The van der Waals surface area contributed by atoms with E-state index in [4.69, 9.17) is 0 Å². The Hall–Kier alpha value is -3.46. The van der Waals surface area contributed by atoms with Crippen LogP contribution in [-0.4, -0.2) is 45.8 Å². The summed E-state index contributed by atoms with van der Waals surface area (Å²) < 4.78 is 26.7. The maximum absolute atomic E-state index is 13.1. The number of hydrogen-bond donors (Lipinski definition) is 1. The van der Waals surface area contributed by atoms with Crippen molar-refractivity contribution in [3.63, 3.8) is 0 Å². The monoisotopic (exact) mass is 436 g/mol. The molecule has 1 saturated heterocycles. The fourth-order valence-corrected chi connectivity index (χ4v) is 5.71. The first-order valence-electron chi connectivity index (χ1n) is 9.97. The number of pyridine rings is 1. The third-order valence-electron chi connectivity index (χ3n) is 5.56. The molecule has 0 bridgehead atoms. The van der Waals surface area contributed by atoms with E-state index < -0.39 is 21.8 Å². The molecule has 1 amide bonds. The van der Waals surface area contributed by atoms with Crippen molar-refractivity contribution in [2.75, 3.05) is 11.5 Å². The Balaban J connectivity index is 1.64. The Kier molecular flexibility index (Phi) is 4.62. The van der Waals surface area contributed by atoms with E-state index in [9.17, 15) is 18.0 Å². The summed E-state index contributed by atoms with van der Waals surface area (Å²) in [5.74, 6) is -0.411. The van der Waals surface area contributed by atoms with Crippen LogP contribution in [0.25, 0.3) is 16.7 Å². The lowest BCUT2D eigenvalue weighted by atomic mass is 10.2. The number of carbonyl (C=O) groups excluding carboxylic acids is 1. The molecule has 0 spiro atoms. The highest BCUT2D eigenvalue weighted by atomic mass is 32.2. The molecule has 1 fully saturated rings. The summed E-state index contributed by atoms with van der Waals surface area (Å²) in [6.45, 7) is 0.353. The number of hydrogen-bond acceptors (Lipinski definition) is 5. The normalized spacial score (nSPS) is 17.9. The van der Waals surface area contributed by atoms with Gasteiger partial charge in [-0.1, -0.05) is 36.4 Å². The van der Waals surface area contributed by atoms with E-state index in [1.54, 1.807) is 35.0 Å². The van der Waals surface area contributed by atoms with Gasteiger partial charge in [0.05, 0.1) is 16.9 Å². The molecule has 1 aliphatic heterocycles. The van der Waals surface area contributed by atoms with Crippen LogP contribution in [0.15, 0.2) is 65.6 Å². The van der Waals surface area contributed by atoms with Gasteiger partial charge in [-0.25, -0.2) is 13.4 Å². The Morgan fingerprint density at radius 3 is 2.65 bits per heavy atom. The van der Waals surface area contributed by atoms with Crippen LogP contribution < -0.4 is 10.9 Å². The number of amides is 1. The molecule has 0 unspecified atom stereocenters. The van der Waals surface area contributed by atoms with Crippen molar-refractivity contribution in [3.8, 4) is 0 Å². The van der Waals surface area contributed by atoms with Crippen molar-refractivity contribution in [3.05, 3.63) is 82.4 Å². The van der Waals surface area contributed by atoms with Crippen LogP contribution >= 0.6 is 0 Å². The molecule has 1 N–H and O–H groups in total. The van der Waals surface area contributed by atoms with E-state index in [1.165, 1.54) is 4.40 Å². The molecule has 8 nitrogen and oxygen atoms in total. The highest BCUT2D eigenvalue weighted by molar-refractivity contribution is 7.91. The van der Waals surface area contributed by atoms with Crippen LogP contribution in [0.1, 0.15) is 22.5 Å². The summed E-state index contributed by atoms with van der Waals surface area (Å²) in [4.78, 5) is 30.8. The largest absolute Gasteiger partial charge is 0.347 e. The number of nitrogens with zero attached hydrogens (tertiary/aromatic N) is 3. The lowest BCUT2D eigenvalue weighted by Gasteiger charge is -2.14. The second kappa shape index (κ2) is 7.35. The van der Waals surface area contributed by atoms with Crippen LogP contribution in [-0.2, 0) is 16.4 Å². The number of benzene rings is 1. The van der Waals surface area contributed by atoms with Crippen LogP contribution in [0, 0.1) is 0 Å². The van der Waals surface area contributed by atoms with Gasteiger partial charge in [0, 0.05) is 18.8 Å². The standard InChI is InChI=1S/C22H20N4O4S/c27-21(23-16-9-11-31(29,30)14-16)18-12-17-20(26(18)13-15-6-2-1-3-7-15)24-19-8-4-5-10-25(19)22(17)28/h1-8,10,12,16H,9,11,13-14H2,(H,23,27)/t16-/m1/s1. The molecule has 1 atom stereocenters. The lowest BCUT2D eigenvalue weighted by Crippen LogP contribution is -2.36. The molecule has 0 saturated carbocycles. The number of nitrogens with one attached hydrogen (secondary N) is 1. The average molecular weight is 436 g/mol. The molecule has 0 aliphatic carbocycles. The zero-order chi connectivity index (χ0) is 21.6. The van der Waals surface area contributed by atoms with Crippen molar-refractivity contribution in [2.45, 2.75) is 19.0 Å². The molecule has 1 aliphatic rings. The molecular formula is C22H20N4O4S. The maximum atomic E-state index is 13.1. The Morgan fingerprint density at radius 2 is 1.90 bits per heavy atom. The summed E-state index contributed by atoms with van der Waals surface area (Å²) >= 11 is 0. The third kappa shape index (κ3) is 3.61. The van der Waals surface area contributed by atoms with Crippen LogP contribution in [0.2, 0.25) is 0 Å². The smallest absolute Gasteiger partial charge is 0.268 e. The average Bonchev–Trinajstić information content (AvgIpc) is 3.29. The van der Waals surface area contributed by atoms with Crippen LogP contribution in [0.5, 0.6) is 0 Å². The van der Waals surface area contributed by atoms with Gasteiger partial charge in [-0.15, -0.1) is 0 Å². The predicted molar refractivity (Wildman–Crippen MR) is 117 cm³/mol. The van der Waals surface area contributed by atoms with Crippen molar-refractivity contribution < 1.29 is 13.2 Å². The van der Waals surface area contributed by atoms with E-state index in [0.717, 1.165) is 5.56 Å². The number of carbonyl (C=O) groups is 1. The van der Waals surface area contributed by atoms with Crippen LogP contribution in [0.4, 0.5) is 0 Å². The molecule has 0 radical (unpaired) electrons. The Bertz CT molecular complexity index is 1470. The fraction of sp³-hybridized carbons (Fsp3) is 0.227. The first kappa shape index (κ1) is 19.5. The zero-order valence-electron chi connectivity index (χ0n) is 16.6. The zero-order valence-corrected chi connectivity index (χ0v) is 17.4. The Morgan fingerprint density at radius 1 is 1.13 bits per heavy atom. The molecule has 4 aromatic rings. The van der Waals surface area contributed by atoms with Crippen molar-refractivity contribution >= 4 is 32.4 Å². The van der Waals surface area contributed by atoms with E-state index >= 15 is 0 Å². The van der Waals surface area contributed by atoms with Crippen molar-refractivity contribution in [1.29, 1.82) is 0 Å². The molecule has 5 rings (SSSR count). The van der Waals surface area contributed by atoms with Crippen molar-refractivity contribution in [2.24, 2.45) is 0 Å². The number of sulfone groups is 1. The van der Waals surface area contributed by atoms with E-state index in [0.29, 0.717) is 29.6 Å². The van der Waals surface area contributed by atoms with Crippen molar-refractivity contribution in [1.82, 2.24) is 19.3 Å². The van der Waals surface area contributed by atoms with Gasteiger partial charge in [0.15, 0.2) is 9.84 Å². The minimum Gasteiger partial charge on any atom is -0.347 e. The molecule has 1 aromatic carbocycles. The summed E-state index contributed by atoms with van der Waals surface area (Å²) in [7, 11) is -3.13. The summed E-state index contributed by atoms with van der Waals surface area (Å²) in [6, 6.07) is 16.0. The Labute approximate surface area is 178 Å². The van der Waals surface area contributed by atoms with Gasteiger partial charge in [0.2, 0.25) is 0 Å². The van der Waals surface area contributed by atoms with Gasteiger partial charge in [-0.3, -0.25) is 14.0 Å². The van der Waals surface area contributed by atoms with Gasteiger partial charge in [-0.05, 0) is 30.2 Å². The van der Waals surface area contributed by atoms with E-state index in [1.807, 2.05) is 30.3 Å². The molecule has 31 heavy (non-hydrogen) atoms. The summed E-state index contributed by atoms with van der Waals surface area (Å²) in [5.41, 5.74) is 1.88. The fourth-order valence-electron chi connectivity index (χ4n) is 4.03. The molecule has 3 aromatic heterocycles. The van der Waals surface area contributed by atoms with E-state index in [-0.39, 0.29) is 22.8 Å². The molecule has 158 valence electrons. The topological polar surface area (TPSA) is 103 Å². The highest BCUT2D eigenvalue weighted by Gasteiger charge is 2.30. The number of fused-ring (bicyclic) bond motifs is 2. The van der Waals surface area contributed by atoms with Gasteiger partial charge in [0.25, 0.3) is 11.5 Å². The summed E-state index contributed by atoms with van der Waals surface area (Å²) in [6.07, 6.45) is 2.03. The summed E-state index contributed by atoms with van der Waals surface area (Å²) in [5, 5.41) is 3.16. The quantitative estimate of drug-likeness (QED) is 0.524. The highest BCUT2D eigenvalue weighted by Crippen LogP contribution is 2.20. The molecule has 9 heteroatoms. The predicted octanol–water partition coefficient (Wildman–Crippen LogP) is 1.61. The van der Waals surface area contributed by atoms with Gasteiger partial charge in [0.1, 0.15) is 17.0 Å². The molecular weight excluding hydrogens is 416 g/mol. The minimum atomic E-state index is -3.13. The molecule has 4 heterocycles. The first-order valence-corrected chi connectivity index (χ1v) is 11.8. The van der Waals surface area contributed by atoms with Gasteiger partial charge in [-0.2, -0.15) is 0 Å². The van der Waals surface area contributed by atoms with E-state index in [2.05, 4.69) is 10.3 Å². The van der Waals surface area contributed by atoms with Gasteiger partial charge < -0.3 is 9.88 Å². The SMILES string of the molecule is O=C(N[C@@H]1CCS(=O)(=O)C1)c1cc2c(=O)n3ccccc3nc2n1Cc1ccccc1. The minimum absolute atomic E-state index is 0.0670. The number of rotatable bonds is 4. The second-order valence-corrected chi connectivity index (χ2v) is 9.99. The maximum Gasteiger partial charge on any atom is 0.268 e. The first-order chi connectivity index (χ1) is 14.9. The van der Waals surface area contributed by atoms with Gasteiger partial charge >= 0.3 is 0 Å². The number of aromatic nitrogens is 3. The van der Waals surface area contributed by atoms with Crippen LogP contribution in [0.3, 0.4) is 0 Å². The second-order valence-electron chi connectivity index (χ2n) is 7.76. The third-order valence-corrected chi connectivity index (χ3v) is 7.33. The lowest BCUT2D eigenvalue weighted by molar-refractivity contribution is 0.0932.